The summed E-state index contributed by atoms with van der Waals surface area (Å²) in [6, 6.07) is 14.5. The number of para-hydroxylation sites is 1. The predicted molar refractivity (Wildman–Crippen MR) is 111 cm³/mol. The number of esters is 1. The van der Waals surface area contributed by atoms with Crippen LogP contribution in [0.25, 0.3) is 22.4 Å². The molecule has 0 aliphatic carbocycles. The fraction of sp³-hybridized carbons (Fsp3) is 0.0455. The van der Waals surface area contributed by atoms with Gasteiger partial charge in [0.05, 0.1) is 28.3 Å². The largest absolute Gasteiger partial charge is 0.463 e. The van der Waals surface area contributed by atoms with Crippen molar-refractivity contribution in [1.82, 2.24) is 4.98 Å². The molecule has 10 heteroatoms. The second-order valence-electron chi connectivity index (χ2n) is 6.59. The van der Waals surface area contributed by atoms with Crippen LogP contribution in [0.2, 0.25) is 0 Å². The minimum absolute atomic E-state index is 0.169. The van der Waals surface area contributed by atoms with Crippen LogP contribution in [-0.4, -0.2) is 28.4 Å². The summed E-state index contributed by atoms with van der Waals surface area (Å²) in [5.41, 5.74) is 0.272. The summed E-state index contributed by atoms with van der Waals surface area (Å²) < 4.78 is 23.7. The first-order valence-corrected chi connectivity index (χ1v) is 9.27. The van der Waals surface area contributed by atoms with Gasteiger partial charge in [0.1, 0.15) is 17.2 Å². The van der Waals surface area contributed by atoms with Gasteiger partial charge in [0, 0.05) is 5.39 Å². The zero-order valence-electron chi connectivity index (χ0n) is 16.3. The van der Waals surface area contributed by atoms with Crippen molar-refractivity contribution in [3.05, 3.63) is 88.4 Å². The molecular weight excluding hydrogens is 421 g/mol. The number of furan rings is 1. The maximum atomic E-state index is 13.3. The molecule has 0 bridgehead atoms. The second-order valence-corrected chi connectivity index (χ2v) is 6.59. The molecule has 0 spiro atoms. The molecule has 2 aromatic carbocycles. The van der Waals surface area contributed by atoms with E-state index in [-0.39, 0.29) is 11.3 Å². The van der Waals surface area contributed by atoms with Gasteiger partial charge in [0.15, 0.2) is 12.4 Å². The van der Waals surface area contributed by atoms with E-state index < -0.39 is 34.9 Å². The van der Waals surface area contributed by atoms with Gasteiger partial charge in [0.25, 0.3) is 11.6 Å². The molecule has 2 aromatic heterocycles. The Balaban J connectivity index is 1.53. The summed E-state index contributed by atoms with van der Waals surface area (Å²) in [5, 5.41) is 13.8. The van der Waals surface area contributed by atoms with Crippen LogP contribution in [0.3, 0.4) is 0 Å². The summed E-state index contributed by atoms with van der Waals surface area (Å²) >= 11 is 0. The van der Waals surface area contributed by atoms with Gasteiger partial charge in [-0.05, 0) is 36.4 Å². The molecule has 0 fully saturated rings. The van der Waals surface area contributed by atoms with Crippen LogP contribution in [0.5, 0.6) is 0 Å². The number of fused-ring (bicyclic) bond motifs is 1. The number of anilines is 1. The zero-order chi connectivity index (χ0) is 22.7. The van der Waals surface area contributed by atoms with Crippen molar-refractivity contribution in [2.45, 2.75) is 0 Å². The fourth-order valence-electron chi connectivity index (χ4n) is 3.05. The summed E-state index contributed by atoms with van der Waals surface area (Å²) in [4.78, 5) is 39.6. The molecule has 0 unspecified atom stereocenters. The SMILES string of the molecule is O=C(COC(=O)c1cc(-c2ccco2)nc2ccccc12)Nc1ccc(F)cc1[N+](=O)[O-]. The number of hydrogen-bond acceptors (Lipinski definition) is 7. The van der Waals surface area contributed by atoms with Crippen LogP contribution in [0.15, 0.2) is 71.3 Å². The lowest BCUT2D eigenvalue weighted by atomic mass is 10.1. The normalized spacial score (nSPS) is 10.7. The summed E-state index contributed by atoms with van der Waals surface area (Å²) in [6.07, 6.45) is 1.48. The molecule has 2 heterocycles. The molecule has 4 rings (SSSR count). The van der Waals surface area contributed by atoms with Crippen LogP contribution in [0.4, 0.5) is 15.8 Å². The van der Waals surface area contributed by atoms with Crippen molar-refractivity contribution in [2.24, 2.45) is 0 Å². The number of pyridine rings is 1. The number of ether oxygens (including phenoxy) is 1. The summed E-state index contributed by atoms with van der Waals surface area (Å²) in [7, 11) is 0. The number of amides is 1. The molecule has 0 saturated heterocycles. The van der Waals surface area contributed by atoms with E-state index in [2.05, 4.69) is 10.3 Å². The molecule has 160 valence electrons. The number of nitro groups is 1. The Morgan fingerprint density at radius 2 is 1.94 bits per heavy atom. The molecule has 0 saturated carbocycles. The maximum absolute atomic E-state index is 13.3. The minimum Gasteiger partial charge on any atom is -0.463 e. The van der Waals surface area contributed by atoms with E-state index in [1.165, 1.54) is 12.3 Å². The highest BCUT2D eigenvalue weighted by Crippen LogP contribution is 2.27. The van der Waals surface area contributed by atoms with Crippen molar-refractivity contribution in [2.75, 3.05) is 11.9 Å². The number of aromatic nitrogens is 1. The first-order chi connectivity index (χ1) is 15.4. The molecular formula is C22H14FN3O6. The average Bonchev–Trinajstić information content (AvgIpc) is 3.33. The number of nitrogens with one attached hydrogen (secondary N) is 1. The van der Waals surface area contributed by atoms with Gasteiger partial charge >= 0.3 is 5.97 Å². The lowest BCUT2D eigenvalue weighted by Gasteiger charge is -2.10. The number of halogens is 1. The number of rotatable bonds is 6. The fourth-order valence-corrected chi connectivity index (χ4v) is 3.05. The Morgan fingerprint density at radius 3 is 2.69 bits per heavy atom. The Hall–Kier alpha value is -4.60. The van der Waals surface area contributed by atoms with Crippen LogP contribution < -0.4 is 5.32 Å². The highest BCUT2D eigenvalue weighted by Gasteiger charge is 2.20. The van der Waals surface area contributed by atoms with E-state index in [1.807, 2.05) is 0 Å². The zero-order valence-corrected chi connectivity index (χ0v) is 16.3. The van der Waals surface area contributed by atoms with E-state index in [4.69, 9.17) is 9.15 Å². The first kappa shape index (κ1) is 20.7. The smallest absolute Gasteiger partial charge is 0.339 e. The van der Waals surface area contributed by atoms with E-state index in [0.29, 0.717) is 28.4 Å². The number of nitrogens with zero attached hydrogens (tertiary/aromatic N) is 2. The van der Waals surface area contributed by atoms with E-state index in [9.17, 15) is 24.1 Å². The molecule has 9 nitrogen and oxygen atoms in total. The molecule has 0 atom stereocenters. The number of hydrogen-bond donors (Lipinski definition) is 1. The van der Waals surface area contributed by atoms with Crippen molar-refractivity contribution >= 4 is 34.2 Å². The van der Waals surface area contributed by atoms with E-state index in [0.717, 1.165) is 12.1 Å². The third-order valence-corrected chi connectivity index (χ3v) is 4.47. The molecule has 1 amide bonds. The van der Waals surface area contributed by atoms with Crippen molar-refractivity contribution in [3.63, 3.8) is 0 Å². The van der Waals surface area contributed by atoms with Crippen LogP contribution in [-0.2, 0) is 9.53 Å². The van der Waals surface area contributed by atoms with Gasteiger partial charge in [-0.15, -0.1) is 0 Å². The van der Waals surface area contributed by atoms with Gasteiger partial charge < -0.3 is 14.5 Å². The summed E-state index contributed by atoms with van der Waals surface area (Å²) in [6.45, 7) is -0.708. The van der Waals surface area contributed by atoms with E-state index >= 15 is 0 Å². The van der Waals surface area contributed by atoms with Crippen molar-refractivity contribution in [3.8, 4) is 11.5 Å². The maximum Gasteiger partial charge on any atom is 0.339 e. The number of benzene rings is 2. The number of carbonyl (C=O) groups excluding carboxylic acids is 2. The quantitative estimate of drug-likeness (QED) is 0.271. The Morgan fingerprint density at radius 1 is 1.12 bits per heavy atom. The minimum atomic E-state index is -0.829. The Bertz CT molecular complexity index is 1340. The molecule has 0 radical (unpaired) electrons. The monoisotopic (exact) mass is 435 g/mol. The third-order valence-electron chi connectivity index (χ3n) is 4.47. The average molecular weight is 435 g/mol. The molecule has 32 heavy (non-hydrogen) atoms. The molecule has 4 aromatic rings. The van der Waals surface area contributed by atoms with Gasteiger partial charge in [-0.1, -0.05) is 18.2 Å². The predicted octanol–water partition coefficient (Wildman–Crippen LogP) is 4.34. The van der Waals surface area contributed by atoms with Gasteiger partial charge in [0.2, 0.25) is 0 Å². The van der Waals surface area contributed by atoms with Gasteiger partial charge in [-0.25, -0.2) is 14.2 Å². The third kappa shape index (κ3) is 4.29. The summed E-state index contributed by atoms with van der Waals surface area (Å²) in [5.74, 6) is -1.98. The lowest BCUT2D eigenvalue weighted by Crippen LogP contribution is -2.21. The highest BCUT2D eigenvalue weighted by molar-refractivity contribution is 6.05. The van der Waals surface area contributed by atoms with Crippen LogP contribution in [0, 0.1) is 15.9 Å². The second kappa shape index (κ2) is 8.64. The van der Waals surface area contributed by atoms with Gasteiger partial charge in [-0.2, -0.15) is 0 Å². The lowest BCUT2D eigenvalue weighted by molar-refractivity contribution is -0.384. The number of nitro benzene ring substituents is 1. The van der Waals surface area contributed by atoms with Crippen molar-refractivity contribution in [1.29, 1.82) is 0 Å². The molecule has 1 N–H and O–H groups in total. The van der Waals surface area contributed by atoms with Gasteiger partial charge in [-0.3, -0.25) is 14.9 Å². The molecule has 0 aliphatic heterocycles. The first-order valence-electron chi connectivity index (χ1n) is 9.27. The molecule has 0 aliphatic rings. The Labute approximate surface area is 179 Å². The van der Waals surface area contributed by atoms with Crippen LogP contribution in [0.1, 0.15) is 10.4 Å². The Kier molecular flexibility index (Phi) is 5.58. The highest BCUT2D eigenvalue weighted by atomic mass is 19.1. The standard InChI is InChI=1S/C22H14FN3O6/c23-13-7-8-17(19(10-13)26(29)30)25-21(27)12-32-22(28)15-11-18(20-6-3-9-31-20)24-16-5-2-1-4-14(15)16/h1-11H,12H2,(H,25,27). The van der Waals surface area contributed by atoms with E-state index in [1.54, 1.807) is 36.4 Å². The van der Waals surface area contributed by atoms with Crippen LogP contribution >= 0.6 is 0 Å². The topological polar surface area (TPSA) is 125 Å². The number of carbonyl (C=O) groups is 2. The van der Waals surface area contributed by atoms with Crippen molar-refractivity contribution < 1.29 is 28.1 Å².